The molecule has 0 atom stereocenters. The first-order chi connectivity index (χ1) is 12.6. The fourth-order valence-corrected chi connectivity index (χ4v) is 2.60. The summed E-state index contributed by atoms with van der Waals surface area (Å²) in [4.78, 5) is 28.2. The lowest BCUT2D eigenvalue weighted by atomic mass is 10.3. The Morgan fingerprint density at radius 3 is 2.85 bits per heavy atom. The van der Waals surface area contributed by atoms with Gasteiger partial charge in [0.15, 0.2) is 6.61 Å². The quantitative estimate of drug-likeness (QED) is 0.672. The fourth-order valence-electron chi connectivity index (χ4n) is 2.43. The second kappa shape index (κ2) is 7.88. The van der Waals surface area contributed by atoms with E-state index in [2.05, 4.69) is 10.3 Å². The summed E-state index contributed by atoms with van der Waals surface area (Å²) in [5.74, 6) is -0.574. The summed E-state index contributed by atoms with van der Waals surface area (Å²) >= 11 is 5.91. The summed E-state index contributed by atoms with van der Waals surface area (Å²) in [6, 6.07) is 12.3. The number of amides is 1. The molecule has 0 saturated heterocycles. The maximum Gasteiger partial charge on any atom is 0.326 e. The number of anilines is 1. The van der Waals surface area contributed by atoms with E-state index in [1.54, 1.807) is 29.1 Å². The molecule has 8 heteroatoms. The van der Waals surface area contributed by atoms with E-state index >= 15 is 0 Å². The first kappa shape index (κ1) is 17.8. The Kier molecular flexibility index (Phi) is 5.38. The lowest BCUT2D eigenvalue weighted by molar-refractivity contribution is -0.147. The van der Waals surface area contributed by atoms with E-state index in [0.717, 1.165) is 11.0 Å². The van der Waals surface area contributed by atoms with Gasteiger partial charge in [-0.2, -0.15) is 0 Å². The molecule has 7 nitrogen and oxygen atoms in total. The highest BCUT2D eigenvalue weighted by molar-refractivity contribution is 6.31. The van der Waals surface area contributed by atoms with Gasteiger partial charge in [0.2, 0.25) is 0 Å². The van der Waals surface area contributed by atoms with E-state index in [9.17, 15) is 9.59 Å². The zero-order valence-corrected chi connectivity index (χ0v) is 14.7. The number of carbonyl (C=O) groups is 2. The standard InChI is InChI=1S/C18H16ClN3O4/c1-25-16-7-6-12(19)8-14(16)21-17(23)10-26-18(24)9-22-11-20-13-4-2-3-5-15(13)22/h2-8,11H,9-10H2,1H3,(H,21,23). The van der Waals surface area contributed by atoms with Gasteiger partial charge in [-0.3, -0.25) is 9.59 Å². The number of esters is 1. The molecular formula is C18H16ClN3O4. The van der Waals surface area contributed by atoms with Gasteiger partial charge in [-0.05, 0) is 30.3 Å². The zero-order chi connectivity index (χ0) is 18.5. The van der Waals surface area contributed by atoms with Gasteiger partial charge in [0.25, 0.3) is 5.91 Å². The minimum Gasteiger partial charge on any atom is -0.495 e. The highest BCUT2D eigenvalue weighted by Crippen LogP contribution is 2.27. The summed E-state index contributed by atoms with van der Waals surface area (Å²) in [5.41, 5.74) is 2.00. The number of imidazole rings is 1. The van der Waals surface area contributed by atoms with Crippen molar-refractivity contribution in [2.24, 2.45) is 0 Å². The van der Waals surface area contributed by atoms with Crippen LogP contribution in [-0.4, -0.2) is 35.1 Å². The number of methoxy groups -OCH3 is 1. The average Bonchev–Trinajstić information content (AvgIpc) is 3.03. The summed E-state index contributed by atoms with van der Waals surface area (Å²) in [6.45, 7) is -0.449. The molecule has 0 unspecified atom stereocenters. The third-order valence-electron chi connectivity index (χ3n) is 3.63. The van der Waals surface area contributed by atoms with Crippen LogP contribution in [0.5, 0.6) is 5.75 Å². The number of para-hydroxylation sites is 2. The zero-order valence-electron chi connectivity index (χ0n) is 13.9. The van der Waals surface area contributed by atoms with Crippen LogP contribution in [0.4, 0.5) is 5.69 Å². The van der Waals surface area contributed by atoms with Gasteiger partial charge >= 0.3 is 5.97 Å². The number of aromatic nitrogens is 2. The predicted molar refractivity (Wildman–Crippen MR) is 97.3 cm³/mol. The van der Waals surface area contributed by atoms with Crippen LogP contribution in [0.3, 0.4) is 0 Å². The van der Waals surface area contributed by atoms with Crippen molar-refractivity contribution in [3.8, 4) is 5.75 Å². The Morgan fingerprint density at radius 2 is 2.04 bits per heavy atom. The molecule has 26 heavy (non-hydrogen) atoms. The third-order valence-corrected chi connectivity index (χ3v) is 3.86. The number of nitrogens with one attached hydrogen (secondary N) is 1. The molecule has 0 radical (unpaired) electrons. The van der Waals surface area contributed by atoms with E-state index in [1.165, 1.54) is 7.11 Å². The molecule has 1 amide bonds. The molecule has 0 fully saturated rings. The van der Waals surface area contributed by atoms with Crippen molar-refractivity contribution in [3.63, 3.8) is 0 Å². The SMILES string of the molecule is COc1ccc(Cl)cc1NC(=O)COC(=O)Cn1cnc2ccccc21. The van der Waals surface area contributed by atoms with Crippen LogP contribution in [0.2, 0.25) is 5.02 Å². The Hall–Kier alpha value is -3.06. The number of benzene rings is 2. The number of ether oxygens (including phenoxy) is 2. The highest BCUT2D eigenvalue weighted by Gasteiger charge is 2.12. The predicted octanol–water partition coefficient (Wildman–Crippen LogP) is 2.88. The van der Waals surface area contributed by atoms with Gasteiger partial charge in [0.1, 0.15) is 12.3 Å². The molecule has 3 aromatic rings. The molecule has 0 aliphatic carbocycles. The van der Waals surface area contributed by atoms with E-state index < -0.39 is 18.5 Å². The van der Waals surface area contributed by atoms with Gasteiger partial charge in [0.05, 0.1) is 30.2 Å². The monoisotopic (exact) mass is 373 g/mol. The number of carbonyl (C=O) groups excluding carboxylic acids is 2. The van der Waals surface area contributed by atoms with Crippen LogP contribution in [0, 0.1) is 0 Å². The van der Waals surface area contributed by atoms with Gasteiger partial charge in [0, 0.05) is 5.02 Å². The van der Waals surface area contributed by atoms with Crippen molar-refractivity contribution < 1.29 is 19.1 Å². The molecule has 2 aromatic carbocycles. The number of rotatable bonds is 6. The maximum absolute atomic E-state index is 12.0. The minimum atomic E-state index is -0.540. The molecule has 0 aliphatic heterocycles. The number of fused-ring (bicyclic) bond motifs is 1. The second-order valence-electron chi connectivity index (χ2n) is 5.41. The Bertz CT molecular complexity index is 955. The van der Waals surface area contributed by atoms with Crippen LogP contribution < -0.4 is 10.1 Å². The molecule has 0 bridgehead atoms. The number of halogens is 1. The van der Waals surface area contributed by atoms with Crippen LogP contribution in [0.15, 0.2) is 48.8 Å². The summed E-state index contributed by atoms with van der Waals surface area (Å²) in [7, 11) is 1.48. The van der Waals surface area contributed by atoms with Crippen molar-refractivity contribution in [3.05, 3.63) is 53.8 Å². The van der Waals surface area contributed by atoms with Crippen LogP contribution in [0.1, 0.15) is 0 Å². The van der Waals surface area contributed by atoms with E-state index in [4.69, 9.17) is 21.1 Å². The van der Waals surface area contributed by atoms with Crippen LogP contribution >= 0.6 is 11.6 Å². The number of hydrogen-bond donors (Lipinski definition) is 1. The van der Waals surface area contributed by atoms with E-state index in [0.29, 0.717) is 16.5 Å². The number of hydrogen-bond acceptors (Lipinski definition) is 5. The molecule has 1 aromatic heterocycles. The lowest BCUT2D eigenvalue weighted by Gasteiger charge is -2.11. The van der Waals surface area contributed by atoms with Gasteiger partial charge in [-0.1, -0.05) is 23.7 Å². The molecule has 1 heterocycles. The fraction of sp³-hybridized carbons (Fsp3) is 0.167. The normalized spacial score (nSPS) is 10.5. The molecule has 0 spiro atoms. The maximum atomic E-state index is 12.0. The minimum absolute atomic E-state index is 0.0335. The Morgan fingerprint density at radius 1 is 1.23 bits per heavy atom. The van der Waals surface area contributed by atoms with Crippen LogP contribution in [-0.2, 0) is 20.9 Å². The van der Waals surface area contributed by atoms with Crippen molar-refractivity contribution in [2.75, 3.05) is 19.0 Å². The van der Waals surface area contributed by atoms with Crippen molar-refractivity contribution >= 4 is 40.2 Å². The summed E-state index contributed by atoms with van der Waals surface area (Å²) < 4.78 is 11.8. The lowest BCUT2D eigenvalue weighted by Crippen LogP contribution is -2.23. The molecule has 0 saturated carbocycles. The van der Waals surface area contributed by atoms with Gasteiger partial charge in [-0.15, -0.1) is 0 Å². The summed E-state index contributed by atoms with van der Waals surface area (Å²) in [5, 5.41) is 3.05. The van der Waals surface area contributed by atoms with E-state index in [-0.39, 0.29) is 6.54 Å². The average molecular weight is 374 g/mol. The Balaban J connectivity index is 1.56. The molecule has 1 N–H and O–H groups in total. The van der Waals surface area contributed by atoms with Gasteiger partial charge < -0.3 is 19.4 Å². The number of nitrogens with zero attached hydrogens (tertiary/aromatic N) is 2. The molecule has 3 rings (SSSR count). The summed E-state index contributed by atoms with van der Waals surface area (Å²) in [6.07, 6.45) is 1.56. The molecular weight excluding hydrogens is 358 g/mol. The van der Waals surface area contributed by atoms with Crippen molar-refractivity contribution in [1.82, 2.24) is 9.55 Å². The highest BCUT2D eigenvalue weighted by atomic mass is 35.5. The first-order valence-corrected chi connectivity index (χ1v) is 8.13. The molecule has 134 valence electrons. The third kappa shape index (κ3) is 4.12. The van der Waals surface area contributed by atoms with Crippen LogP contribution in [0.25, 0.3) is 11.0 Å². The van der Waals surface area contributed by atoms with Gasteiger partial charge in [-0.25, -0.2) is 4.98 Å². The topological polar surface area (TPSA) is 82.5 Å². The Labute approximate surface area is 154 Å². The van der Waals surface area contributed by atoms with Crippen molar-refractivity contribution in [2.45, 2.75) is 6.54 Å². The first-order valence-electron chi connectivity index (χ1n) is 7.75. The van der Waals surface area contributed by atoms with Crippen molar-refractivity contribution in [1.29, 1.82) is 0 Å². The van der Waals surface area contributed by atoms with E-state index in [1.807, 2.05) is 24.3 Å². The second-order valence-corrected chi connectivity index (χ2v) is 5.85. The largest absolute Gasteiger partial charge is 0.495 e. The smallest absolute Gasteiger partial charge is 0.326 e. The molecule has 0 aliphatic rings.